The first-order valence-electron chi connectivity index (χ1n) is 24.3. The Morgan fingerprint density at radius 1 is 0.563 bits per heavy atom. The van der Waals surface area contributed by atoms with Crippen LogP contribution in [0.5, 0.6) is 0 Å². The highest BCUT2D eigenvalue weighted by Crippen LogP contribution is 2.45. The van der Waals surface area contributed by atoms with Crippen molar-refractivity contribution in [1.29, 1.82) is 0 Å². The second-order valence-electron chi connectivity index (χ2n) is 17.9. The minimum atomic E-state index is -0.657. The number of aromatic nitrogens is 5. The van der Waals surface area contributed by atoms with Crippen molar-refractivity contribution in [2.24, 2.45) is 11.8 Å². The molecule has 368 valence electrons. The predicted octanol–water partition coefficient (Wildman–Crippen LogP) is 7.85. The van der Waals surface area contributed by atoms with Crippen LogP contribution in [0.2, 0.25) is 0 Å². The largest absolute Gasteiger partial charge is 0.365 e. The van der Waals surface area contributed by atoms with Gasteiger partial charge in [-0.25, -0.2) is 14.6 Å². The molecular formula is C52H57N11O8. The van der Waals surface area contributed by atoms with Gasteiger partial charge in [-0.15, -0.1) is 5.10 Å². The van der Waals surface area contributed by atoms with E-state index in [1.165, 1.54) is 27.8 Å². The van der Waals surface area contributed by atoms with Crippen LogP contribution in [0.3, 0.4) is 0 Å². The van der Waals surface area contributed by atoms with Gasteiger partial charge in [-0.1, -0.05) is 94.7 Å². The van der Waals surface area contributed by atoms with Crippen LogP contribution in [0.1, 0.15) is 128 Å². The Hall–Kier alpha value is -7.93. The fourth-order valence-corrected chi connectivity index (χ4v) is 8.82. The van der Waals surface area contributed by atoms with Gasteiger partial charge in [0, 0.05) is 35.2 Å². The Labute approximate surface area is 410 Å². The molecule has 2 saturated heterocycles. The van der Waals surface area contributed by atoms with E-state index in [0.717, 1.165) is 64.2 Å². The number of rotatable bonds is 23. The normalized spacial score (nSPS) is 17.5. The SMILES string of the molecule is CCCCCCCC(=O)Nc1cccc(NC(=O)c2cc(NC(=O)c3ccc(-n4cc(CN5C(=O)[C@@H]6[C@H](C5=O)[C@H]5C=C[C@@H]6O5)nn4)cc3)cc(C(=O)Nc3cccc(NC(=O)CCCCCCC)n3)c2)n1. The van der Waals surface area contributed by atoms with Crippen molar-refractivity contribution in [1.82, 2.24) is 29.9 Å². The summed E-state index contributed by atoms with van der Waals surface area (Å²) in [6.07, 6.45) is 15.1. The number of hydrogen-bond acceptors (Lipinski definition) is 12. The summed E-state index contributed by atoms with van der Waals surface area (Å²) in [4.78, 5) is 103. The molecule has 3 aromatic heterocycles. The van der Waals surface area contributed by atoms with Gasteiger partial charge in [0.05, 0.1) is 42.5 Å². The molecule has 71 heavy (non-hydrogen) atoms. The molecule has 2 bridgehead atoms. The third-order valence-electron chi connectivity index (χ3n) is 12.5. The molecule has 0 radical (unpaired) electrons. The Bertz CT molecular complexity index is 2690. The van der Waals surface area contributed by atoms with E-state index in [1.54, 1.807) is 66.9 Å². The number of likely N-dealkylation sites (tertiary alicyclic amines) is 1. The summed E-state index contributed by atoms with van der Waals surface area (Å²) in [6, 6.07) is 20.2. The van der Waals surface area contributed by atoms with Crippen LogP contribution in [0.15, 0.2) is 97.2 Å². The van der Waals surface area contributed by atoms with Gasteiger partial charge in [-0.05, 0) is 79.6 Å². The number of amides is 7. The Morgan fingerprint density at radius 3 is 1.55 bits per heavy atom. The van der Waals surface area contributed by atoms with E-state index >= 15 is 0 Å². The lowest BCUT2D eigenvalue weighted by atomic mass is 9.85. The van der Waals surface area contributed by atoms with Crippen molar-refractivity contribution in [3.8, 4) is 5.69 Å². The average Bonchev–Trinajstić information content (AvgIpc) is 4.17. The molecule has 3 aliphatic rings. The zero-order valence-electron chi connectivity index (χ0n) is 39.7. The molecule has 6 heterocycles. The van der Waals surface area contributed by atoms with Crippen LogP contribution in [0.4, 0.5) is 29.0 Å². The van der Waals surface area contributed by atoms with Crippen LogP contribution in [-0.2, 0) is 30.5 Å². The van der Waals surface area contributed by atoms with Crippen LogP contribution in [-0.4, -0.2) is 83.4 Å². The van der Waals surface area contributed by atoms with Crippen molar-refractivity contribution >= 4 is 70.3 Å². The molecule has 0 aliphatic carbocycles. The Balaban J connectivity index is 0.949. The summed E-state index contributed by atoms with van der Waals surface area (Å²) in [5, 5.41) is 22.2. The number of carbonyl (C=O) groups is 7. The molecular weight excluding hydrogens is 907 g/mol. The highest BCUT2D eigenvalue weighted by Gasteiger charge is 2.60. The molecule has 2 aromatic carbocycles. The molecule has 3 aliphatic heterocycles. The van der Waals surface area contributed by atoms with E-state index < -0.39 is 41.8 Å². The maximum Gasteiger partial charge on any atom is 0.256 e. The number of anilines is 5. The first kappa shape index (κ1) is 49.5. The average molecular weight is 964 g/mol. The second-order valence-corrected chi connectivity index (χ2v) is 17.9. The number of benzene rings is 2. The van der Waals surface area contributed by atoms with Crippen molar-refractivity contribution in [2.75, 3.05) is 26.6 Å². The topological polar surface area (TPSA) is 249 Å². The third-order valence-corrected chi connectivity index (χ3v) is 12.5. The van der Waals surface area contributed by atoms with Crippen molar-refractivity contribution in [3.05, 3.63) is 120 Å². The number of unbranched alkanes of at least 4 members (excludes halogenated alkanes) is 8. The highest BCUT2D eigenvalue weighted by atomic mass is 16.5. The molecule has 5 aromatic rings. The van der Waals surface area contributed by atoms with Crippen molar-refractivity contribution in [3.63, 3.8) is 0 Å². The van der Waals surface area contributed by atoms with Gasteiger partial charge in [0.15, 0.2) is 0 Å². The number of hydrogen-bond donors (Lipinski definition) is 5. The lowest BCUT2D eigenvalue weighted by Crippen LogP contribution is -2.34. The fourth-order valence-electron chi connectivity index (χ4n) is 8.82. The summed E-state index contributed by atoms with van der Waals surface area (Å²) in [5.74, 6) is -3.09. The van der Waals surface area contributed by atoms with E-state index in [9.17, 15) is 33.6 Å². The van der Waals surface area contributed by atoms with E-state index in [-0.39, 0.29) is 75.8 Å². The van der Waals surface area contributed by atoms with Crippen LogP contribution in [0, 0.1) is 11.8 Å². The molecule has 7 amide bonds. The molecule has 19 nitrogen and oxygen atoms in total. The first-order chi connectivity index (χ1) is 34.5. The van der Waals surface area contributed by atoms with Gasteiger partial charge in [-0.2, -0.15) is 0 Å². The quantitative estimate of drug-likeness (QED) is 0.0239. The molecule has 5 N–H and O–H groups in total. The minimum Gasteiger partial charge on any atom is -0.365 e. The second kappa shape index (κ2) is 23.1. The number of fused-ring (bicyclic) bond motifs is 5. The van der Waals surface area contributed by atoms with E-state index in [4.69, 9.17) is 4.74 Å². The van der Waals surface area contributed by atoms with Crippen molar-refractivity contribution in [2.45, 2.75) is 110 Å². The number of imide groups is 1. The molecule has 0 unspecified atom stereocenters. The maximum absolute atomic E-state index is 13.9. The lowest BCUT2D eigenvalue weighted by Gasteiger charge is -2.15. The van der Waals surface area contributed by atoms with E-state index in [2.05, 4.69) is 60.7 Å². The summed E-state index contributed by atoms with van der Waals surface area (Å²) in [5.41, 5.74) is 1.29. The van der Waals surface area contributed by atoms with Gasteiger partial charge in [0.25, 0.3) is 17.7 Å². The molecule has 2 fully saturated rings. The Kier molecular flexibility index (Phi) is 16.1. The van der Waals surface area contributed by atoms with Gasteiger partial charge < -0.3 is 31.3 Å². The number of nitrogens with one attached hydrogen (secondary N) is 5. The zero-order valence-corrected chi connectivity index (χ0v) is 39.7. The molecule has 4 atom stereocenters. The van der Waals surface area contributed by atoms with Gasteiger partial charge in [0.1, 0.15) is 29.0 Å². The summed E-state index contributed by atoms with van der Waals surface area (Å²) in [6.45, 7) is 4.22. The zero-order chi connectivity index (χ0) is 49.9. The van der Waals surface area contributed by atoms with E-state index in [1.807, 2.05) is 12.2 Å². The summed E-state index contributed by atoms with van der Waals surface area (Å²) < 4.78 is 7.19. The van der Waals surface area contributed by atoms with Crippen LogP contribution in [0.25, 0.3) is 5.69 Å². The van der Waals surface area contributed by atoms with E-state index in [0.29, 0.717) is 24.2 Å². The van der Waals surface area contributed by atoms with Crippen molar-refractivity contribution < 1.29 is 38.3 Å². The maximum atomic E-state index is 13.9. The number of pyridine rings is 2. The highest BCUT2D eigenvalue weighted by molar-refractivity contribution is 6.11. The molecule has 0 spiro atoms. The predicted molar refractivity (Wildman–Crippen MR) is 264 cm³/mol. The lowest BCUT2D eigenvalue weighted by molar-refractivity contribution is -0.143. The van der Waals surface area contributed by atoms with Gasteiger partial charge in [-0.3, -0.25) is 38.5 Å². The number of nitrogens with zero attached hydrogens (tertiary/aromatic N) is 6. The molecule has 8 rings (SSSR count). The van der Waals surface area contributed by atoms with Gasteiger partial charge in [0.2, 0.25) is 23.6 Å². The standard InChI is InChI=1S/C52H57N11O8/c1-3-5-7-9-11-19-44(64)56-40-15-13-17-42(54-40)58-49(67)33-27-34(50(68)59-43-18-14-16-41(55-43)57-45(65)20-12-10-8-6-4-2)29-35(28-33)53-48(66)32-21-23-37(24-22-32)63-31-36(60-61-63)30-62-51(69)46-38-25-26-39(71-38)47(46)52(62)70/h13-18,21-29,31,38-39,46-47H,3-12,19-20,30H2,1-2H3,(H,53,66)(H2,54,56,58,64,67)(H2,55,57,59,65,68)/t38-,39+,46-,47+. The smallest absolute Gasteiger partial charge is 0.256 e. The minimum absolute atomic E-state index is 0.000549. The third kappa shape index (κ3) is 12.5. The first-order valence-corrected chi connectivity index (χ1v) is 24.3. The van der Waals surface area contributed by atoms with Gasteiger partial charge >= 0.3 is 0 Å². The summed E-state index contributed by atoms with van der Waals surface area (Å²) in [7, 11) is 0. The number of carbonyl (C=O) groups excluding carboxylic acids is 7. The molecule has 19 heteroatoms. The van der Waals surface area contributed by atoms with Crippen LogP contribution >= 0.6 is 0 Å². The van der Waals surface area contributed by atoms with Crippen LogP contribution < -0.4 is 26.6 Å². The summed E-state index contributed by atoms with van der Waals surface area (Å²) >= 11 is 0. The Morgan fingerprint density at radius 2 is 1.04 bits per heavy atom. The molecule has 0 saturated carbocycles. The number of ether oxygens (including phenoxy) is 1. The fraction of sp³-hybridized carbons (Fsp3) is 0.365. The monoisotopic (exact) mass is 963 g/mol.